The zero-order valence-electron chi connectivity index (χ0n) is 15.5. The summed E-state index contributed by atoms with van der Waals surface area (Å²) in [4.78, 5) is 36.6. The van der Waals surface area contributed by atoms with Crippen molar-refractivity contribution < 1.29 is 24.4 Å². The van der Waals surface area contributed by atoms with Gasteiger partial charge in [0.25, 0.3) is 11.6 Å². The summed E-state index contributed by atoms with van der Waals surface area (Å²) in [5.41, 5.74) is 0.893. The molecule has 1 saturated heterocycles. The number of rotatable bonds is 6. The van der Waals surface area contributed by atoms with Crippen molar-refractivity contribution in [3.8, 4) is 11.5 Å². The van der Waals surface area contributed by atoms with Gasteiger partial charge in [-0.1, -0.05) is 30.0 Å². The Hall–Kier alpha value is -3.44. The predicted octanol–water partition coefficient (Wildman–Crippen LogP) is 3.15. The minimum atomic E-state index is -0.540. The van der Waals surface area contributed by atoms with Crippen molar-refractivity contribution in [3.63, 3.8) is 0 Å². The molecular formula is C19H15N3O6S2. The number of methoxy groups -OCH3 is 1. The lowest BCUT2D eigenvalue weighted by Gasteiger charge is -2.14. The van der Waals surface area contributed by atoms with Crippen LogP contribution in [0.25, 0.3) is 6.08 Å². The van der Waals surface area contributed by atoms with Crippen LogP contribution in [0, 0.1) is 10.1 Å². The highest BCUT2D eigenvalue weighted by Crippen LogP contribution is 2.34. The molecule has 154 valence electrons. The molecule has 11 heteroatoms. The van der Waals surface area contributed by atoms with Gasteiger partial charge >= 0.3 is 0 Å². The van der Waals surface area contributed by atoms with E-state index in [2.05, 4.69) is 5.32 Å². The molecule has 1 heterocycles. The first-order chi connectivity index (χ1) is 14.3. The van der Waals surface area contributed by atoms with Crippen LogP contribution >= 0.6 is 24.0 Å². The Bertz CT molecular complexity index is 1070. The van der Waals surface area contributed by atoms with E-state index in [-0.39, 0.29) is 28.1 Å². The second-order valence-electron chi connectivity index (χ2n) is 6.05. The molecule has 9 nitrogen and oxygen atoms in total. The molecule has 0 saturated carbocycles. The molecule has 0 unspecified atom stereocenters. The minimum Gasteiger partial charge on any atom is -0.504 e. The highest BCUT2D eigenvalue weighted by molar-refractivity contribution is 8.26. The van der Waals surface area contributed by atoms with Gasteiger partial charge in [-0.25, -0.2) is 0 Å². The Labute approximate surface area is 180 Å². The van der Waals surface area contributed by atoms with E-state index in [9.17, 15) is 24.8 Å². The Morgan fingerprint density at radius 3 is 2.67 bits per heavy atom. The van der Waals surface area contributed by atoms with Gasteiger partial charge in [0.05, 0.1) is 16.9 Å². The fraction of sp³-hybridized carbons (Fsp3) is 0.105. The van der Waals surface area contributed by atoms with Gasteiger partial charge in [0, 0.05) is 17.8 Å². The van der Waals surface area contributed by atoms with Crippen LogP contribution in [0.1, 0.15) is 5.56 Å². The molecule has 1 fully saturated rings. The lowest BCUT2D eigenvalue weighted by molar-refractivity contribution is -0.384. The smallest absolute Gasteiger partial charge is 0.269 e. The Morgan fingerprint density at radius 2 is 2.03 bits per heavy atom. The van der Waals surface area contributed by atoms with E-state index < -0.39 is 16.7 Å². The number of nitrogens with one attached hydrogen (secondary N) is 1. The number of phenolic OH excluding ortho intramolecular Hbond substituents is 1. The molecule has 0 atom stereocenters. The van der Waals surface area contributed by atoms with Crippen molar-refractivity contribution in [3.05, 3.63) is 63.0 Å². The Morgan fingerprint density at radius 1 is 1.33 bits per heavy atom. The third kappa shape index (κ3) is 4.75. The van der Waals surface area contributed by atoms with Crippen LogP contribution in [0.3, 0.4) is 0 Å². The molecule has 2 aromatic rings. The molecule has 2 N–H and O–H groups in total. The fourth-order valence-corrected chi connectivity index (χ4v) is 3.84. The Kier molecular flexibility index (Phi) is 6.33. The molecular weight excluding hydrogens is 430 g/mol. The molecule has 2 amide bonds. The van der Waals surface area contributed by atoms with Crippen LogP contribution in [0.2, 0.25) is 0 Å². The van der Waals surface area contributed by atoms with Crippen LogP contribution in [0.4, 0.5) is 11.4 Å². The fourth-order valence-electron chi connectivity index (χ4n) is 2.58. The molecule has 0 aliphatic carbocycles. The van der Waals surface area contributed by atoms with E-state index in [1.54, 1.807) is 18.2 Å². The van der Waals surface area contributed by atoms with Crippen LogP contribution in [-0.2, 0) is 9.59 Å². The summed E-state index contributed by atoms with van der Waals surface area (Å²) in [5, 5.41) is 22.9. The molecule has 3 rings (SSSR count). The van der Waals surface area contributed by atoms with Crippen LogP contribution < -0.4 is 10.1 Å². The van der Waals surface area contributed by atoms with Gasteiger partial charge in [-0.2, -0.15) is 0 Å². The topological polar surface area (TPSA) is 122 Å². The number of benzene rings is 2. The predicted molar refractivity (Wildman–Crippen MR) is 116 cm³/mol. The van der Waals surface area contributed by atoms with Gasteiger partial charge < -0.3 is 15.2 Å². The first-order valence-electron chi connectivity index (χ1n) is 8.45. The van der Waals surface area contributed by atoms with Crippen molar-refractivity contribution in [1.29, 1.82) is 0 Å². The highest BCUT2D eigenvalue weighted by Gasteiger charge is 2.33. The third-order valence-electron chi connectivity index (χ3n) is 4.04. The van der Waals surface area contributed by atoms with Gasteiger partial charge in [-0.05, 0) is 35.9 Å². The number of anilines is 1. The number of thiocarbonyl (C=S) groups is 1. The van der Waals surface area contributed by atoms with Gasteiger partial charge in [-0.15, -0.1) is 0 Å². The molecule has 1 aliphatic heterocycles. The number of aromatic hydroxyl groups is 1. The Balaban J connectivity index is 1.68. The summed E-state index contributed by atoms with van der Waals surface area (Å²) < 4.78 is 5.28. The van der Waals surface area contributed by atoms with Crippen LogP contribution in [0.15, 0.2) is 47.4 Å². The number of ether oxygens (including phenoxy) is 1. The highest BCUT2D eigenvalue weighted by atomic mass is 32.2. The van der Waals surface area contributed by atoms with Crippen LogP contribution in [0.5, 0.6) is 11.5 Å². The number of hydrogen-bond donors (Lipinski definition) is 2. The summed E-state index contributed by atoms with van der Waals surface area (Å²) in [6.07, 6.45) is 1.59. The van der Waals surface area contributed by atoms with Gasteiger partial charge in [0.2, 0.25) is 5.91 Å². The van der Waals surface area contributed by atoms with E-state index in [1.807, 2.05) is 0 Å². The summed E-state index contributed by atoms with van der Waals surface area (Å²) in [7, 11) is 1.42. The molecule has 0 radical (unpaired) electrons. The maximum Gasteiger partial charge on any atom is 0.269 e. The molecule has 30 heavy (non-hydrogen) atoms. The van der Waals surface area contributed by atoms with E-state index in [0.29, 0.717) is 16.2 Å². The molecule has 0 bridgehead atoms. The van der Waals surface area contributed by atoms with Crippen molar-refractivity contribution in [2.75, 3.05) is 19.0 Å². The van der Waals surface area contributed by atoms with E-state index in [0.717, 1.165) is 11.8 Å². The number of carbonyl (C=O) groups excluding carboxylic acids is 2. The largest absolute Gasteiger partial charge is 0.504 e. The number of nitrogens with zero attached hydrogens (tertiary/aromatic N) is 2. The summed E-state index contributed by atoms with van der Waals surface area (Å²) in [5.74, 6) is -0.671. The standard InChI is InChI=1S/C19H15N3O6S2/c1-28-15-8-11(2-7-14(15)23)9-16-18(25)21(19(29)30-16)10-17(24)20-12-3-5-13(6-4-12)22(26)27/h2-9,23H,10H2,1H3,(H,20,24)/b16-9-. The lowest BCUT2D eigenvalue weighted by Crippen LogP contribution is -2.36. The first kappa shape index (κ1) is 21.3. The maximum absolute atomic E-state index is 12.7. The third-order valence-corrected chi connectivity index (χ3v) is 5.42. The minimum absolute atomic E-state index is 0.0230. The number of nitro groups is 1. The monoisotopic (exact) mass is 445 g/mol. The summed E-state index contributed by atoms with van der Waals surface area (Å²) in [6, 6.07) is 9.97. The number of nitro benzene ring substituents is 1. The normalized spacial score (nSPS) is 14.8. The second-order valence-corrected chi connectivity index (χ2v) is 7.73. The second kappa shape index (κ2) is 8.93. The van der Waals surface area contributed by atoms with Crippen molar-refractivity contribution in [2.45, 2.75) is 0 Å². The van der Waals surface area contributed by atoms with Crippen molar-refractivity contribution in [1.82, 2.24) is 4.90 Å². The first-order valence-corrected chi connectivity index (χ1v) is 9.67. The summed E-state index contributed by atoms with van der Waals surface area (Å²) >= 11 is 6.27. The summed E-state index contributed by atoms with van der Waals surface area (Å²) in [6.45, 7) is -0.294. The van der Waals surface area contributed by atoms with Crippen LogP contribution in [-0.4, -0.2) is 44.7 Å². The molecule has 0 aromatic heterocycles. The maximum atomic E-state index is 12.7. The number of non-ortho nitro benzene ring substituents is 1. The number of hydrogen-bond acceptors (Lipinski definition) is 8. The van der Waals surface area contributed by atoms with Gasteiger partial charge in [-0.3, -0.25) is 24.6 Å². The molecule has 0 spiro atoms. The van der Waals surface area contributed by atoms with Gasteiger partial charge in [0.15, 0.2) is 11.5 Å². The average molecular weight is 445 g/mol. The van der Waals surface area contributed by atoms with Crippen molar-refractivity contribution in [2.24, 2.45) is 0 Å². The zero-order valence-corrected chi connectivity index (χ0v) is 17.2. The lowest BCUT2D eigenvalue weighted by atomic mass is 10.2. The number of phenols is 1. The average Bonchev–Trinajstić information content (AvgIpc) is 2.97. The SMILES string of the molecule is COc1cc(/C=C2\SC(=S)N(CC(=O)Nc3ccc([N+](=O)[O-])cc3)C2=O)ccc1O. The number of amides is 2. The van der Waals surface area contributed by atoms with E-state index in [1.165, 1.54) is 42.3 Å². The van der Waals surface area contributed by atoms with E-state index >= 15 is 0 Å². The van der Waals surface area contributed by atoms with E-state index in [4.69, 9.17) is 17.0 Å². The number of thioether (sulfide) groups is 1. The van der Waals surface area contributed by atoms with Gasteiger partial charge in [0.1, 0.15) is 10.9 Å². The molecule has 1 aliphatic rings. The number of carbonyl (C=O) groups is 2. The van der Waals surface area contributed by atoms with Crippen molar-refractivity contribution >= 4 is 57.6 Å². The molecule has 2 aromatic carbocycles. The quantitative estimate of drug-likeness (QED) is 0.301. The zero-order chi connectivity index (χ0) is 21.8.